The highest BCUT2D eigenvalue weighted by Crippen LogP contribution is 2.20. The third kappa shape index (κ3) is 2.36. The van der Waals surface area contributed by atoms with E-state index in [1.807, 2.05) is 31.2 Å². The van der Waals surface area contributed by atoms with Crippen LogP contribution in [-0.2, 0) is 0 Å². The highest BCUT2D eigenvalue weighted by atomic mass is 16.5. The summed E-state index contributed by atoms with van der Waals surface area (Å²) in [5.74, 6) is 0.788. The Hall–Kier alpha value is -1.35. The van der Waals surface area contributed by atoms with Gasteiger partial charge in [0.15, 0.2) is 0 Å². The van der Waals surface area contributed by atoms with Crippen LogP contribution in [-0.4, -0.2) is 22.7 Å². The molecule has 1 aromatic carbocycles. The molecule has 1 N–H and O–H groups in total. The van der Waals surface area contributed by atoms with Crippen molar-refractivity contribution >= 4 is 11.5 Å². The molecule has 0 bridgehead atoms. The van der Waals surface area contributed by atoms with E-state index in [-0.39, 0.29) is 0 Å². The monoisotopic (exact) mass is 204 g/mol. The van der Waals surface area contributed by atoms with Gasteiger partial charge in [0.1, 0.15) is 5.84 Å². The molecular weight excluding hydrogens is 188 g/mol. The number of hydrogen-bond donors (Lipinski definition) is 1. The minimum absolute atomic E-state index is 0.699. The summed E-state index contributed by atoms with van der Waals surface area (Å²) in [6, 6.07) is 7.97. The van der Waals surface area contributed by atoms with Crippen molar-refractivity contribution in [2.75, 3.05) is 6.54 Å². The topological polar surface area (TPSA) is 35.8 Å². The summed E-state index contributed by atoms with van der Waals surface area (Å²) >= 11 is 0. The maximum absolute atomic E-state index is 9.62. The first-order chi connectivity index (χ1) is 7.27. The van der Waals surface area contributed by atoms with Crippen molar-refractivity contribution < 1.29 is 5.21 Å². The summed E-state index contributed by atoms with van der Waals surface area (Å²) in [5.41, 5.74) is 2.09. The lowest BCUT2D eigenvalue weighted by molar-refractivity contribution is -0.0247. The van der Waals surface area contributed by atoms with Crippen LogP contribution in [0.4, 0.5) is 5.69 Å². The number of benzene rings is 1. The van der Waals surface area contributed by atoms with Crippen molar-refractivity contribution in [2.45, 2.75) is 26.2 Å². The van der Waals surface area contributed by atoms with Crippen molar-refractivity contribution in [1.29, 1.82) is 0 Å². The second-order valence-electron chi connectivity index (χ2n) is 3.89. The van der Waals surface area contributed by atoms with Crippen LogP contribution in [0.2, 0.25) is 0 Å². The minimum Gasteiger partial charge on any atom is -0.287 e. The second-order valence-corrected chi connectivity index (χ2v) is 3.89. The molecule has 0 aliphatic carbocycles. The number of nitrogens with zero attached hydrogens (tertiary/aromatic N) is 2. The zero-order valence-electron chi connectivity index (χ0n) is 8.98. The molecule has 1 heterocycles. The molecule has 1 aliphatic heterocycles. The predicted molar refractivity (Wildman–Crippen MR) is 60.6 cm³/mol. The molecule has 0 radical (unpaired) electrons. The standard InChI is InChI=1S/C12H16N2O/c1-10-6-2-3-7-11(10)13-12-8-4-5-9-14(12)15/h2-3,6-7,15H,4-5,8-9H2,1H3. The number of hydroxylamine groups is 2. The zero-order chi connectivity index (χ0) is 10.7. The molecule has 3 heteroatoms. The Bertz CT molecular complexity index is 374. The van der Waals surface area contributed by atoms with E-state index in [0.717, 1.165) is 36.3 Å². The number of aryl methyl sites for hydroxylation is 1. The Labute approximate surface area is 90.0 Å². The van der Waals surface area contributed by atoms with Gasteiger partial charge in [-0.25, -0.2) is 10.1 Å². The fourth-order valence-corrected chi connectivity index (χ4v) is 1.74. The average Bonchev–Trinajstić information content (AvgIpc) is 2.24. The molecule has 0 saturated carbocycles. The number of piperidine rings is 1. The van der Waals surface area contributed by atoms with Gasteiger partial charge in [-0.3, -0.25) is 5.21 Å². The van der Waals surface area contributed by atoms with Gasteiger partial charge in [0.25, 0.3) is 0 Å². The third-order valence-corrected chi connectivity index (χ3v) is 2.68. The van der Waals surface area contributed by atoms with Crippen molar-refractivity contribution in [1.82, 2.24) is 5.06 Å². The largest absolute Gasteiger partial charge is 0.287 e. The van der Waals surface area contributed by atoms with Crippen LogP contribution in [0, 0.1) is 6.92 Å². The summed E-state index contributed by atoms with van der Waals surface area (Å²) in [7, 11) is 0. The van der Waals surface area contributed by atoms with Crippen LogP contribution in [0.25, 0.3) is 0 Å². The summed E-state index contributed by atoms with van der Waals surface area (Å²) in [6.07, 6.45) is 3.02. The average molecular weight is 204 g/mol. The second kappa shape index (κ2) is 4.45. The summed E-state index contributed by atoms with van der Waals surface area (Å²) < 4.78 is 0. The van der Waals surface area contributed by atoms with Crippen LogP contribution >= 0.6 is 0 Å². The number of aliphatic imine (C=N–C) groups is 1. The van der Waals surface area contributed by atoms with Crippen molar-refractivity contribution in [3.05, 3.63) is 29.8 Å². The molecule has 1 aliphatic rings. The molecule has 80 valence electrons. The summed E-state index contributed by atoms with van der Waals surface area (Å²) in [6.45, 7) is 2.73. The zero-order valence-corrected chi connectivity index (χ0v) is 8.98. The lowest BCUT2D eigenvalue weighted by Gasteiger charge is -2.23. The molecule has 2 rings (SSSR count). The maximum Gasteiger partial charge on any atom is 0.129 e. The predicted octanol–water partition coefficient (Wildman–Crippen LogP) is 2.90. The molecular formula is C12H16N2O. The Kier molecular flexibility index (Phi) is 3.02. The Balaban J connectivity index is 2.25. The molecule has 0 amide bonds. The molecule has 0 aromatic heterocycles. The SMILES string of the molecule is Cc1ccccc1N=C1CCCCN1O. The van der Waals surface area contributed by atoms with E-state index >= 15 is 0 Å². The van der Waals surface area contributed by atoms with Crippen LogP contribution < -0.4 is 0 Å². The first kappa shape index (κ1) is 10.2. The Morgan fingerprint density at radius 1 is 1.27 bits per heavy atom. The molecule has 0 unspecified atom stereocenters. The van der Waals surface area contributed by atoms with Crippen LogP contribution in [0.3, 0.4) is 0 Å². The van der Waals surface area contributed by atoms with Crippen molar-refractivity contribution in [2.24, 2.45) is 4.99 Å². The first-order valence-electron chi connectivity index (χ1n) is 5.37. The fraction of sp³-hybridized carbons (Fsp3) is 0.417. The van der Waals surface area contributed by atoms with E-state index < -0.39 is 0 Å². The molecule has 1 fully saturated rings. The van der Waals surface area contributed by atoms with E-state index in [9.17, 15) is 5.21 Å². The van der Waals surface area contributed by atoms with E-state index in [4.69, 9.17) is 0 Å². The molecule has 3 nitrogen and oxygen atoms in total. The van der Waals surface area contributed by atoms with E-state index in [0.29, 0.717) is 6.54 Å². The third-order valence-electron chi connectivity index (χ3n) is 2.68. The van der Waals surface area contributed by atoms with Crippen molar-refractivity contribution in [3.8, 4) is 0 Å². The number of para-hydroxylation sites is 1. The highest BCUT2D eigenvalue weighted by Gasteiger charge is 2.14. The van der Waals surface area contributed by atoms with Gasteiger partial charge < -0.3 is 0 Å². The van der Waals surface area contributed by atoms with Crippen LogP contribution in [0.5, 0.6) is 0 Å². The van der Waals surface area contributed by atoms with Gasteiger partial charge >= 0.3 is 0 Å². The lowest BCUT2D eigenvalue weighted by atomic mass is 10.1. The molecule has 1 aromatic rings. The van der Waals surface area contributed by atoms with Gasteiger partial charge in [0, 0.05) is 13.0 Å². The summed E-state index contributed by atoms with van der Waals surface area (Å²) in [4.78, 5) is 4.49. The molecule has 0 atom stereocenters. The molecule has 15 heavy (non-hydrogen) atoms. The maximum atomic E-state index is 9.62. The van der Waals surface area contributed by atoms with Gasteiger partial charge in [0.05, 0.1) is 5.69 Å². The van der Waals surface area contributed by atoms with Crippen LogP contribution in [0.1, 0.15) is 24.8 Å². The number of hydrogen-bond acceptors (Lipinski definition) is 2. The van der Waals surface area contributed by atoms with E-state index in [1.54, 1.807) is 0 Å². The van der Waals surface area contributed by atoms with Gasteiger partial charge in [0.2, 0.25) is 0 Å². The quantitative estimate of drug-likeness (QED) is 0.763. The van der Waals surface area contributed by atoms with Gasteiger partial charge in [-0.15, -0.1) is 0 Å². The summed E-state index contributed by atoms with van der Waals surface area (Å²) in [5, 5.41) is 10.9. The normalized spacial score (nSPS) is 19.6. The first-order valence-corrected chi connectivity index (χ1v) is 5.37. The number of amidine groups is 1. The van der Waals surface area contributed by atoms with Gasteiger partial charge in [-0.1, -0.05) is 18.2 Å². The Morgan fingerprint density at radius 3 is 2.80 bits per heavy atom. The fourth-order valence-electron chi connectivity index (χ4n) is 1.74. The van der Waals surface area contributed by atoms with Crippen molar-refractivity contribution in [3.63, 3.8) is 0 Å². The van der Waals surface area contributed by atoms with E-state index in [1.165, 1.54) is 5.06 Å². The minimum atomic E-state index is 0.699. The van der Waals surface area contributed by atoms with Crippen LogP contribution in [0.15, 0.2) is 29.3 Å². The van der Waals surface area contributed by atoms with E-state index in [2.05, 4.69) is 4.99 Å². The smallest absolute Gasteiger partial charge is 0.129 e. The molecule has 0 spiro atoms. The van der Waals surface area contributed by atoms with Gasteiger partial charge in [-0.2, -0.15) is 0 Å². The Morgan fingerprint density at radius 2 is 2.07 bits per heavy atom. The number of rotatable bonds is 1. The molecule has 1 saturated heterocycles. The highest BCUT2D eigenvalue weighted by molar-refractivity contribution is 5.84. The lowest BCUT2D eigenvalue weighted by Crippen LogP contribution is -2.32. The van der Waals surface area contributed by atoms with Gasteiger partial charge in [-0.05, 0) is 31.4 Å².